The molecule has 1 atom stereocenters. The molecule has 1 unspecified atom stereocenters. The quantitative estimate of drug-likeness (QED) is 0.874. The molecule has 1 saturated carbocycles. The SMILES string of the molecule is CCOC1(C(NC)c2ccc(C(F)(F)F)cc2)CCCC1. The summed E-state index contributed by atoms with van der Waals surface area (Å²) < 4.78 is 44.0. The van der Waals surface area contributed by atoms with Gasteiger partial charge in [0, 0.05) is 6.61 Å². The molecule has 0 spiro atoms. The third-order valence-electron chi connectivity index (χ3n) is 4.27. The fraction of sp³-hybridized carbons (Fsp3) is 0.625. The lowest BCUT2D eigenvalue weighted by Gasteiger charge is -2.37. The molecule has 21 heavy (non-hydrogen) atoms. The van der Waals surface area contributed by atoms with E-state index in [2.05, 4.69) is 5.32 Å². The summed E-state index contributed by atoms with van der Waals surface area (Å²) in [4.78, 5) is 0. The summed E-state index contributed by atoms with van der Waals surface area (Å²) in [5, 5.41) is 3.24. The van der Waals surface area contributed by atoms with Crippen molar-refractivity contribution in [2.75, 3.05) is 13.7 Å². The molecule has 0 radical (unpaired) electrons. The summed E-state index contributed by atoms with van der Waals surface area (Å²) in [5.41, 5.74) is -0.0673. The van der Waals surface area contributed by atoms with Gasteiger partial charge >= 0.3 is 6.18 Å². The van der Waals surface area contributed by atoms with E-state index in [1.165, 1.54) is 0 Å². The Balaban J connectivity index is 2.28. The highest BCUT2D eigenvalue weighted by atomic mass is 19.4. The van der Waals surface area contributed by atoms with E-state index in [1.807, 2.05) is 14.0 Å². The number of hydrogen-bond donors (Lipinski definition) is 1. The van der Waals surface area contributed by atoms with Crippen LogP contribution >= 0.6 is 0 Å². The molecule has 5 heteroatoms. The van der Waals surface area contributed by atoms with Crippen molar-refractivity contribution < 1.29 is 17.9 Å². The summed E-state index contributed by atoms with van der Waals surface area (Å²) in [6, 6.07) is 5.33. The Morgan fingerprint density at radius 3 is 2.19 bits per heavy atom. The molecule has 2 rings (SSSR count). The molecule has 1 aliphatic carbocycles. The second-order valence-electron chi connectivity index (χ2n) is 5.55. The van der Waals surface area contributed by atoms with Gasteiger partial charge in [-0.25, -0.2) is 0 Å². The highest BCUT2D eigenvalue weighted by Gasteiger charge is 2.42. The van der Waals surface area contributed by atoms with E-state index in [-0.39, 0.29) is 11.6 Å². The van der Waals surface area contributed by atoms with Gasteiger partial charge in [-0.1, -0.05) is 25.0 Å². The molecule has 0 aromatic heterocycles. The van der Waals surface area contributed by atoms with E-state index >= 15 is 0 Å². The summed E-state index contributed by atoms with van der Waals surface area (Å²) in [6.45, 7) is 2.57. The Labute approximate surface area is 123 Å². The standard InChI is InChI=1S/C16H22F3NO/c1-3-21-15(10-4-5-11-15)14(20-2)12-6-8-13(9-7-12)16(17,18)19/h6-9,14,20H,3-5,10-11H2,1-2H3. The van der Waals surface area contributed by atoms with Crippen LogP contribution in [-0.4, -0.2) is 19.3 Å². The zero-order chi connectivity index (χ0) is 15.5. The summed E-state index contributed by atoms with van der Waals surface area (Å²) in [7, 11) is 1.83. The summed E-state index contributed by atoms with van der Waals surface area (Å²) >= 11 is 0. The fourth-order valence-electron chi connectivity index (χ4n) is 3.38. The maximum absolute atomic E-state index is 12.7. The molecule has 1 aliphatic rings. The molecule has 0 bridgehead atoms. The second kappa shape index (κ2) is 6.36. The Kier molecular flexibility index (Phi) is 4.94. The van der Waals surface area contributed by atoms with Crippen molar-refractivity contribution in [3.8, 4) is 0 Å². The minimum absolute atomic E-state index is 0.0813. The number of likely N-dealkylation sites (N-methyl/N-ethyl adjacent to an activating group) is 1. The van der Waals surface area contributed by atoms with Crippen molar-refractivity contribution >= 4 is 0 Å². The van der Waals surface area contributed by atoms with Gasteiger partial charge in [0.1, 0.15) is 0 Å². The third kappa shape index (κ3) is 3.40. The fourth-order valence-corrected chi connectivity index (χ4v) is 3.38. The largest absolute Gasteiger partial charge is 0.416 e. The first-order valence-corrected chi connectivity index (χ1v) is 7.41. The van der Waals surface area contributed by atoms with Crippen molar-refractivity contribution in [3.63, 3.8) is 0 Å². The number of nitrogens with one attached hydrogen (secondary N) is 1. The van der Waals surface area contributed by atoms with Gasteiger partial charge in [-0.3, -0.25) is 0 Å². The lowest BCUT2D eigenvalue weighted by molar-refractivity contribution is -0.137. The van der Waals surface area contributed by atoms with Crippen molar-refractivity contribution in [2.45, 2.75) is 50.4 Å². The lowest BCUT2D eigenvalue weighted by Crippen LogP contribution is -2.43. The first kappa shape index (κ1) is 16.3. The van der Waals surface area contributed by atoms with Crippen LogP contribution in [0.4, 0.5) is 13.2 Å². The first-order chi connectivity index (χ1) is 9.93. The molecular formula is C16H22F3NO. The molecule has 0 saturated heterocycles. The molecule has 1 N–H and O–H groups in total. The number of rotatable bonds is 5. The monoisotopic (exact) mass is 301 g/mol. The molecule has 1 aromatic rings. The van der Waals surface area contributed by atoms with E-state index in [0.717, 1.165) is 43.4 Å². The molecule has 118 valence electrons. The highest BCUT2D eigenvalue weighted by Crippen LogP contribution is 2.43. The number of ether oxygens (including phenoxy) is 1. The normalized spacial score (nSPS) is 19.7. The molecular weight excluding hydrogens is 279 g/mol. The molecule has 0 aliphatic heterocycles. The van der Waals surface area contributed by atoms with Crippen LogP contribution in [0.1, 0.15) is 49.8 Å². The number of hydrogen-bond acceptors (Lipinski definition) is 2. The van der Waals surface area contributed by atoms with Crippen molar-refractivity contribution in [3.05, 3.63) is 35.4 Å². The van der Waals surface area contributed by atoms with Crippen LogP contribution in [0.15, 0.2) is 24.3 Å². The van der Waals surface area contributed by atoms with Crippen molar-refractivity contribution in [1.82, 2.24) is 5.32 Å². The van der Waals surface area contributed by atoms with E-state index in [4.69, 9.17) is 4.74 Å². The molecule has 1 fully saturated rings. The Bertz CT molecular complexity index is 450. The minimum Gasteiger partial charge on any atom is -0.373 e. The van der Waals surface area contributed by atoms with Gasteiger partial charge in [0.25, 0.3) is 0 Å². The average molecular weight is 301 g/mol. The van der Waals surface area contributed by atoms with Gasteiger partial charge in [0.05, 0.1) is 17.2 Å². The van der Waals surface area contributed by atoms with Crippen LogP contribution in [-0.2, 0) is 10.9 Å². The maximum Gasteiger partial charge on any atom is 0.416 e. The zero-order valence-electron chi connectivity index (χ0n) is 12.5. The van der Waals surface area contributed by atoms with Crippen LogP contribution < -0.4 is 5.32 Å². The van der Waals surface area contributed by atoms with E-state index in [0.29, 0.717) is 6.61 Å². The zero-order valence-corrected chi connectivity index (χ0v) is 12.5. The second-order valence-corrected chi connectivity index (χ2v) is 5.55. The minimum atomic E-state index is -4.29. The third-order valence-corrected chi connectivity index (χ3v) is 4.27. The van der Waals surface area contributed by atoms with Crippen LogP contribution in [0, 0.1) is 0 Å². The van der Waals surface area contributed by atoms with Gasteiger partial charge in [-0.2, -0.15) is 13.2 Å². The van der Waals surface area contributed by atoms with E-state index in [1.54, 1.807) is 12.1 Å². The summed E-state index contributed by atoms with van der Waals surface area (Å²) in [6.07, 6.45) is -0.225. The molecule has 2 nitrogen and oxygen atoms in total. The van der Waals surface area contributed by atoms with Crippen LogP contribution in [0.2, 0.25) is 0 Å². The first-order valence-electron chi connectivity index (χ1n) is 7.41. The van der Waals surface area contributed by atoms with E-state index in [9.17, 15) is 13.2 Å². The van der Waals surface area contributed by atoms with Crippen LogP contribution in [0.5, 0.6) is 0 Å². The Hall–Kier alpha value is -1.07. The molecule has 1 aromatic carbocycles. The number of halogens is 3. The van der Waals surface area contributed by atoms with Gasteiger partial charge in [-0.05, 0) is 44.5 Å². The number of benzene rings is 1. The van der Waals surface area contributed by atoms with Crippen molar-refractivity contribution in [1.29, 1.82) is 0 Å². The summed E-state index contributed by atoms with van der Waals surface area (Å²) in [5.74, 6) is 0. The van der Waals surface area contributed by atoms with Crippen molar-refractivity contribution in [2.24, 2.45) is 0 Å². The predicted octanol–water partition coefficient (Wildman–Crippen LogP) is 4.32. The molecule has 0 heterocycles. The van der Waals surface area contributed by atoms with E-state index < -0.39 is 11.7 Å². The van der Waals surface area contributed by atoms with Gasteiger partial charge < -0.3 is 10.1 Å². The Morgan fingerprint density at radius 2 is 1.76 bits per heavy atom. The maximum atomic E-state index is 12.7. The van der Waals surface area contributed by atoms with Gasteiger partial charge in [0.15, 0.2) is 0 Å². The Morgan fingerprint density at radius 1 is 1.19 bits per heavy atom. The smallest absolute Gasteiger partial charge is 0.373 e. The lowest BCUT2D eigenvalue weighted by atomic mass is 9.86. The highest BCUT2D eigenvalue weighted by molar-refractivity contribution is 5.29. The molecule has 0 amide bonds. The predicted molar refractivity (Wildman–Crippen MR) is 76.1 cm³/mol. The number of alkyl halides is 3. The van der Waals surface area contributed by atoms with Crippen LogP contribution in [0.25, 0.3) is 0 Å². The van der Waals surface area contributed by atoms with Crippen LogP contribution in [0.3, 0.4) is 0 Å². The average Bonchev–Trinajstić information content (AvgIpc) is 2.89. The van der Waals surface area contributed by atoms with Gasteiger partial charge in [-0.15, -0.1) is 0 Å². The van der Waals surface area contributed by atoms with Gasteiger partial charge in [0.2, 0.25) is 0 Å². The topological polar surface area (TPSA) is 21.3 Å².